The van der Waals surface area contributed by atoms with Crippen molar-refractivity contribution in [1.82, 2.24) is 5.32 Å². The summed E-state index contributed by atoms with van der Waals surface area (Å²) in [6.45, 7) is 11.5. The monoisotopic (exact) mass is 281 g/mol. The van der Waals surface area contributed by atoms with Crippen LogP contribution in [-0.2, 0) is 16.6 Å². The fourth-order valence-corrected chi connectivity index (χ4v) is 3.52. The summed E-state index contributed by atoms with van der Waals surface area (Å²) in [6.07, 6.45) is 1.11. The summed E-state index contributed by atoms with van der Waals surface area (Å²) in [5, 5.41) is 3.60. The summed E-state index contributed by atoms with van der Waals surface area (Å²) in [5.74, 6) is 0.655. The van der Waals surface area contributed by atoms with E-state index in [9.17, 15) is 4.21 Å². The molecular formula is C16H27NOS. The van der Waals surface area contributed by atoms with Crippen LogP contribution in [0, 0.1) is 13.8 Å². The molecule has 3 atom stereocenters. The predicted octanol–water partition coefficient (Wildman–Crippen LogP) is 3.33. The van der Waals surface area contributed by atoms with Gasteiger partial charge in [-0.1, -0.05) is 36.2 Å². The zero-order valence-corrected chi connectivity index (χ0v) is 13.6. The average molecular weight is 281 g/mol. The lowest BCUT2D eigenvalue weighted by atomic mass is 10.1. The zero-order chi connectivity index (χ0) is 14.4. The molecule has 0 radical (unpaired) electrons. The predicted molar refractivity (Wildman–Crippen MR) is 85.0 cm³/mol. The van der Waals surface area contributed by atoms with E-state index in [-0.39, 0.29) is 5.25 Å². The van der Waals surface area contributed by atoms with Crippen molar-refractivity contribution in [2.45, 2.75) is 58.1 Å². The Balaban J connectivity index is 2.63. The van der Waals surface area contributed by atoms with Gasteiger partial charge in [-0.15, -0.1) is 0 Å². The first-order valence-electron chi connectivity index (χ1n) is 7.11. The van der Waals surface area contributed by atoms with Crippen LogP contribution in [0.3, 0.4) is 0 Å². The SMILES string of the molecule is CCCNC(C)C(C)S(=O)Cc1cc(C)cc(C)c1. The maximum Gasteiger partial charge on any atom is 0.0489 e. The van der Waals surface area contributed by atoms with Crippen LogP contribution in [-0.4, -0.2) is 22.0 Å². The van der Waals surface area contributed by atoms with E-state index in [2.05, 4.69) is 58.1 Å². The second-order valence-corrected chi connectivity index (χ2v) is 7.26. The second kappa shape index (κ2) is 7.81. The van der Waals surface area contributed by atoms with Gasteiger partial charge in [0.25, 0.3) is 0 Å². The molecule has 1 N–H and O–H groups in total. The summed E-state index contributed by atoms with van der Waals surface area (Å²) in [4.78, 5) is 0. The number of nitrogens with one attached hydrogen (secondary N) is 1. The van der Waals surface area contributed by atoms with Crippen molar-refractivity contribution in [3.63, 3.8) is 0 Å². The van der Waals surface area contributed by atoms with Crippen molar-refractivity contribution in [1.29, 1.82) is 0 Å². The first kappa shape index (κ1) is 16.4. The van der Waals surface area contributed by atoms with E-state index in [1.54, 1.807) is 0 Å². The molecule has 1 aromatic rings. The Kier molecular flexibility index (Phi) is 6.73. The summed E-state index contributed by atoms with van der Waals surface area (Å²) in [6, 6.07) is 6.73. The number of rotatable bonds is 7. The molecule has 0 spiro atoms. The second-order valence-electron chi connectivity index (χ2n) is 5.47. The van der Waals surface area contributed by atoms with Crippen LogP contribution >= 0.6 is 0 Å². The quantitative estimate of drug-likeness (QED) is 0.830. The third kappa shape index (κ3) is 5.45. The molecule has 0 bridgehead atoms. The van der Waals surface area contributed by atoms with Gasteiger partial charge in [0.15, 0.2) is 0 Å². The highest BCUT2D eigenvalue weighted by atomic mass is 32.2. The van der Waals surface area contributed by atoms with Crippen molar-refractivity contribution in [2.75, 3.05) is 6.54 Å². The lowest BCUT2D eigenvalue weighted by Gasteiger charge is -2.21. The molecule has 0 aliphatic heterocycles. The van der Waals surface area contributed by atoms with Crippen LogP contribution < -0.4 is 5.32 Å². The Morgan fingerprint density at radius 2 is 1.74 bits per heavy atom. The normalized spacial score (nSPS) is 16.1. The van der Waals surface area contributed by atoms with Gasteiger partial charge in [0.1, 0.15) is 0 Å². The minimum Gasteiger partial charge on any atom is -0.313 e. The van der Waals surface area contributed by atoms with E-state index in [0.717, 1.165) is 13.0 Å². The van der Waals surface area contributed by atoms with E-state index in [4.69, 9.17) is 0 Å². The molecule has 0 aliphatic rings. The van der Waals surface area contributed by atoms with Crippen LogP contribution in [0.4, 0.5) is 0 Å². The third-order valence-electron chi connectivity index (χ3n) is 3.43. The summed E-state index contributed by atoms with van der Waals surface area (Å²) in [5.41, 5.74) is 3.68. The highest BCUT2D eigenvalue weighted by Gasteiger charge is 2.18. The molecule has 0 fully saturated rings. The molecule has 0 aromatic heterocycles. The van der Waals surface area contributed by atoms with E-state index in [1.807, 2.05) is 0 Å². The molecule has 2 nitrogen and oxygen atoms in total. The molecule has 0 saturated heterocycles. The number of hydrogen-bond acceptors (Lipinski definition) is 2. The van der Waals surface area contributed by atoms with Gasteiger partial charge in [-0.2, -0.15) is 0 Å². The third-order valence-corrected chi connectivity index (χ3v) is 5.28. The van der Waals surface area contributed by atoms with Crippen molar-refractivity contribution >= 4 is 10.8 Å². The summed E-state index contributed by atoms with van der Waals surface area (Å²) < 4.78 is 12.4. The van der Waals surface area contributed by atoms with Gasteiger partial charge in [0, 0.05) is 27.8 Å². The van der Waals surface area contributed by atoms with Crippen molar-refractivity contribution in [3.8, 4) is 0 Å². The minimum atomic E-state index is -0.828. The molecule has 0 amide bonds. The molecule has 1 aromatic carbocycles. The van der Waals surface area contributed by atoms with Gasteiger partial charge in [-0.3, -0.25) is 4.21 Å². The molecule has 1 rings (SSSR count). The smallest absolute Gasteiger partial charge is 0.0489 e. The Morgan fingerprint density at radius 1 is 1.16 bits per heavy atom. The first-order valence-corrected chi connectivity index (χ1v) is 8.50. The lowest BCUT2D eigenvalue weighted by molar-refractivity contribution is 0.531. The highest BCUT2D eigenvalue weighted by molar-refractivity contribution is 7.84. The number of hydrogen-bond donors (Lipinski definition) is 1. The van der Waals surface area contributed by atoms with Crippen LogP contribution in [0.15, 0.2) is 18.2 Å². The number of benzene rings is 1. The van der Waals surface area contributed by atoms with E-state index in [0.29, 0.717) is 11.8 Å². The molecule has 19 heavy (non-hydrogen) atoms. The largest absolute Gasteiger partial charge is 0.313 e. The molecule has 0 aliphatic carbocycles. The Morgan fingerprint density at radius 3 is 2.26 bits per heavy atom. The molecule has 0 saturated carbocycles. The summed E-state index contributed by atoms with van der Waals surface area (Å²) >= 11 is 0. The van der Waals surface area contributed by atoms with Gasteiger partial charge in [0.05, 0.1) is 0 Å². The fourth-order valence-electron chi connectivity index (χ4n) is 2.21. The minimum absolute atomic E-state index is 0.173. The average Bonchev–Trinajstić information content (AvgIpc) is 2.33. The standard InChI is InChI=1S/C16H27NOS/c1-6-7-17-14(4)15(5)19(18)11-16-9-12(2)8-13(3)10-16/h8-10,14-15,17H,6-7,11H2,1-5H3. The first-order chi connectivity index (χ1) is 8.93. The van der Waals surface area contributed by atoms with Gasteiger partial charge in [0.2, 0.25) is 0 Å². The maximum atomic E-state index is 12.4. The maximum absolute atomic E-state index is 12.4. The van der Waals surface area contributed by atoms with Gasteiger partial charge in [-0.05, 0) is 46.2 Å². The van der Waals surface area contributed by atoms with Gasteiger partial charge >= 0.3 is 0 Å². The Labute approximate surface area is 120 Å². The molecule has 3 unspecified atom stereocenters. The van der Waals surface area contributed by atoms with Crippen LogP contribution in [0.25, 0.3) is 0 Å². The van der Waals surface area contributed by atoms with Gasteiger partial charge < -0.3 is 5.32 Å². The molecule has 3 heteroatoms. The van der Waals surface area contributed by atoms with E-state index < -0.39 is 10.8 Å². The van der Waals surface area contributed by atoms with Crippen LogP contribution in [0.2, 0.25) is 0 Å². The lowest BCUT2D eigenvalue weighted by Crippen LogP contribution is -2.38. The highest BCUT2D eigenvalue weighted by Crippen LogP contribution is 2.14. The van der Waals surface area contributed by atoms with Crippen molar-refractivity contribution in [3.05, 3.63) is 34.9 Å². The van der Waals surface area contributed by atoms with Crippen LogP contribution in [0.1, 0.15) is 43.9 Å². The molecule has 108 valence electrons. The molecule has 0 heterocycles. The van der Waals surface area contributed by atoms with Crippen LogP contribution in [0.5, 0.6) is 0 Å². The fraction of sp³-hybridized carbons (Fsp3) is 0.625. The topological polar surface area (TPSA) is 29.1 Å². The van der Waals surface area contributed by atoms with Gasteiger partial charge in [-0.25, -0.2) is 0 Å². The molecular weight excluding hydrogens is 254 g/mol. The van der Waals surface area contributed by atoms with Crippen molar-refractivity contribution in [2.24, 2.45) is 0 Å². The number of aryl methyl sites for hydroxylation is 2. The Bertz CT molecular complexity index is 411. The zero-order valence-electron chi connectivity index (χ0n) is 12.8. The summed E-state index contributed by atoms with van der Waals surface area (Å²) in [7, 11) is -0.828. The van der Waals surface area contributed by atoms with E-state index in [1.165, 1.54) is 16.7 Å². The van der Waals surface area contributed by atoms with E-state index >= 15 is 0 Å². The Hall–Kier alpha value is -0.670. The van der Waals surface area contributed by atoms with Crippen molar-refractivity contribution < 1.29 is 4.21 Å².